The molecule has 0 atom stereocenters. The van der Waals surface area contributed by atoms with Gasteiger partial charge in [-0.2, -0.15) is 5.10 Å². The van der Waals surface area contributed by atoms with Crippen LogP contribution in [0.2, 0.25) is 0 Å². The van der Waals surface area contributed by atoms with Crippen molar-refractivity contribution in [1.82, 2.24) is 14.8 Å². The van der Waals surface area contributed by atoms with Crippen LogP contribution in [0.25, 0.3) is 0 Å². The zero-order valence-corrected chi connectivity index (χ0v) is 9.53. The van der Waals surface area contributed by atoms with Gasteiger partial charge in [-0.3, -0.25) is 9.67 Å². The summed E-state index contributed by atoms with van der Waals surface area (Å²) < 4.78 is 1.72. The van der Waals surface area contributed by atoms with Gasteiger partial charge in [0.05, 0.1) is 17.6 Å². The van der Waals surface area contributed by atoms with Crippen molar-refractivity contribution in [3.05, 3.63) is 36.3 Å². The Bertz CT molecular complexity index is 502. The lowest BCUT2D eigenvalue weighted by molar-refractivity contribution is 0.771. The summed E-state index contributed by atoms with van der Waals surface area (Å²) in [6.45, 7) is 0. The van der Waals surface area contributed by atoms with Crippen LogP contribution in [0, 0.1) is 0 Å². The van der Waals surface area contributed by atoms with Crippen LogP contribution in [0.1, 0.15) is 5.69 Å². The van der Waals surface area contributed by atoms with Crippen molar-refractivity contribution in [1.29, 1.82) is 0 Å². The van der Waals surface area contributed by atoms with Gasteiger partial charge in [-0.15, -0.1) is 0 Å². The van der Waals surface area contributed by atoms with Gasteiger partial charge in [0.15, 0.2) is 5.82 Å². The van der Waals surface area contributed by atoms with Gasteiger partial charge in [0.2, 0.25) is 0 Å². The lowest BCUT2D eigenvalue weighted by Gasteiger charge is -2.03. The first-order valence-corrected chi connectivity index (χ1v) is 5.08. The Hall–Kier alpha value is -1.95. The highest BCUT2D eigenvalue weighted by atomic mass is 32.1. The average Bonchev–Trinajstić information content (AvgIpc) is 2.65. The predicted octanol–water partition coefficient (Wildman–Crippen LogP) is 1.19. The number of nitrogens with zero attached hydrogens (tertiary/aromatic N) is 3. The standard InChI is InChI=1S/C10H11N5S/c1-15-5-4-9(14-15)13-7-2-3-8(10(11)16)12-6-7/h2-6H,1H3,(H2,11,16)(H,13,14). The molecule has 2 heterocycles. The number of rotatable bonds is 3. The molecule has 0 saturated carbocycles. The number of anilines is 2. The highest BCUT2D eigenvalue weighted by molar-refractivity contribution is 7.80. The Morgan fingerprint density at radius 1 is 1.44 bits per heavy atom. The van der Waals surface area contributed by atoms with E-state index in [1.807, 2.05) is 25.4 Å². The molecule has 0 aliphatic heterocycles. The third kappa shape index (κ3) is 2.34. The van der Waals surface area contributed by atoms with Gasteiger partial charge in [-0.1, -0.05) is 12.2 Å². The fourth-order valence-electron chi connectivity index (χ4n) is 1.24. The predicted molar refractivity (Wildman–Crippen MR) is 66.6 cm³/mol. The van der Waals surface area contributed by atoms with E-state index in [0.717, 1.165) is 11.5 Å². The number of hydrogen-bond donors (Lipinski definition) is 2. The smallest absolute Gasteiger partial charge is 0.152 e. The minimum absolute atomic E-state index is 0.296. The van der Waals surface area contributed by atoms with Gasteiger partial charge < -0.3 is 11.1 Å². The molecule has 0 bridgehead atoms. The number of nitrogens with two attached hydrogens (primary N) is 1. The number of thiocarbonyl (C=S) groups is 1. The monoisotopic (exact) mass is 233 g/mol. The van der Waals surface area contributed by atoms with Gasteiger partial charge in [0, 0.05) is 19.3 Å². The molecule has 0 radical (unpaired) electrons. The summed E-state index contributed by atoms with van der Waals surface area (Å²) in [6.07, 6.45) is 3.53. The van der Waals surface area contributed by atoms with Crippen molar-refractivity contribution >= 4 is 28.7 Å². The van der Waals surface area contributed by atoms with Crippen LogP contribution >= 0.6 is 12.2 Å². The summed E-state index contributed by atoms with van der Waals surface area (Å²) in [5.74, 6) is 0.771. The molecule has 0 unspecified atom stereocenters. The molecule has 16 heavy (non-hydrogen) atoms. The first-order valence-electron chi connectivity index (χ1n) is 4.67. The topological polar surface area (TPSA) is 68.8 Å². The van der Waals surface area contributed by atoms with Gasteiger partial charge in [-0.25, -0.2) is 0 Å². The van der Waals surface area contributed by atoms with E-state index in [4.69, 9.17) is 18.0 Å². The van der Waals surface area contributed by atoms with E-state index in [1.165, 1.54) is 0 Å². The van der Waals surface area contributed by atoms with Crippen molar-refractivity contribution in [2.75, 3.05) is 5.32 Å². The molecule has 0 aromatic carbocycles. The van der Waals surface area contributed by atoms with Gasteiger partial charge >= 0.3 is 0 Å². The Morgan fingerprint density at radius 3 is 2.75 bits per heavy atom. The van der Waals surface area contributed by atoms with Crippen molar-refractivity contribution in [3.8, 4) is 0 Å². The summed E-state index contributed by atoms with van der Waals surface area (Å²) in [6, 6.07) is 5.51. The second-order valence-corrected chi connectivity index (χ2v) is 3.74. The third-order valence-electron chi connectivity index (χ3n) is 2.00. The average molecular weight is 233 g/mol. The minimum atomic E-state index is 0.296. The largest absolute Gasteiger partial charge is 0.388 e. The van der Waals surface area contributed by atoms with E-state index in [2.05, 4.69) is 15.4 Å². The first-order chi connectivity index (χ1) is 7.65. The summed E-state index contributed by atoms with van der Waals surface area (Å²) in [5.41, 5.74) is 6.91. The molecule has 82 valence electrons. The van der Waals surface area contributed by atoms with Gasteiger partial charge in [0.1, 0.15) is 4.99 Å². The maximum atomic E-state index is 5.45. The molecule has 0 aliphatic rings. The fourth-order valence-corrected chi connectivity index (χ4v) is 1.36. The molecule has 3 N–H and O–H groups in total. The van der Waals surface area contributed by atoms with E-state index >= 15 is 0 Å². The SMILES string of the molecule is Cn1ccc(Nc2ccc(C(N)=S)nc2)n1. The quantitative estimate of drug-likeness (QED) is 0.779. The van der Waals surface area contributed by atoms with E-state index in [9.17, 15) is 0 Å². The van der Waals surface area contributed by atoms with E-state index < -0.39 is 0 Å². The number of nitrogens with one attached hydrogen (secondary N) is 1. The number of aryl methyl sites for hydroxylation is 1. The molecule has 0 fully saturated rings. The minimum Gasteiger partial charge on any atom is -0.388 e. The van der Waals surface area contributed by atoms with E-state index in [0.29, 0.717) is 10.7 Å². The molecular formula is C10H11N5S. The second kappa shape index (κ2) is 4.28. The molecule has 0 spiro atoms. The fraction of sp³-hybridized carbons (Fsp3) is 0.100. The molecule has 5 nitrogen and oxygen atoms in total. The van der Waals surface area contributed by atoms with Crippen LogP contribution in [-0.2, 0) is 7.05 Å². The Balaban J connectivity index is 2.14. The summed E-state index contributed by atoms with van der Waals surface area (Å²) in [4.78, 5) is 4.41. The van der Waals surface area contributed by atoms with E-state index in [1.54, 1.807) is 16.9 Å². The third-order valence-corrected chi connectivity index (χ3v) is 2.21. The molecule has 0 aliphatic carbocycles. The van der Waals surface area contributed by atoms with Gasteiger partial charge in [-0.05, 0) is 12.1 Å². The van der Waals surface area contributed by atoms with Crippen molar-refractivity contribution in [3.63, 3.8) is 0 Å². The Morgan fingerprint density at radius 2 is 2.25 bits per heavy atom. The van der Waals surface area contributed by atoms with Crippen LogP contribution < -0.4 is 11.1 Å². The highest BCUT2D eigenvalue weighted by Gasteiger charge is 2.00. The van der Waals surface area contributed by atoms with Crippen LogP contribution in [0.3, 0.4) is 0 Å². The Kier molecular flexibility index (Phi) is 2.82. The lowest BCUT2D eigenvalue weighted by Crippen LogP contribution is -2.11. The Labute approximate surface area is 98.3 Å². The molecule has 6 heteroatoms. The lowest BCUT2D eigenvalue weighted by atomic mass is 10.3. The molecular weight excluding hydrogens is 222 g/mol. The normalized spacial score (nSPS) is 10.1. The molecule has 0 amide bonds. The van der Waals surface area contributed by atoms with Crippen LogP contribution in [-0.4, -0.2) is 19.8 Å². The van der Waals surface area contributed by atoms with Crippen molar-refractivity contribution < 1.29 is 0 Å². The maximum Gasteiger partial charge on any atom is 0.152 e. The highest BCUT2D eigenvalue weighted by Crippen LogP contribution is 2.12. The molecule has 2 aromatic heterocycles. The summed E-state index contributed by atoms with van der Waals surface area (Å²) in [5, 5.41) is 7.30. The first kappa shape index (κ1) is 10.6. The molecule has 2 aromatic rings. The maximum absolute atomic E-state index is 5.45. The van der Waals surface area contributed by atoms with Crippen LogP contribution in [0.5, 0.6) is 0 Å². The number of pyridine rings is 1. The van der Waals surface area contributed by atoms with Crippen LogP contribution in [0.4, 0.5) is 11.5 Å². The summed E-state index contributed by atoms with van der Waals surface area (Å²) >= 11 is 4.82. The number of aromatic nitrogens is 3. The van der Waals surface area contributed by atoms with Crippen LogP contribution in [0.15, 0.2) is 30.6 Å². The summed E-state index contributed by atoms with van der Waals surface area (Å²) in [7, 11) is 1.86. The zero-order chi connectivity index (χ0) is 11.5. The number of hydrogen-bond acceptors (Lipinski definition) is 4. The molecule has 2 rings (SSSR count). The van der Waals surface area contributed by atoms with Gasteiger partial charge in [0.25, 0.3) is 0 Å². The van der Waals surface area contributed by atoms with Crippen molar-refractivity contribution in [2.24, 2.45) is 12.8 Å². The molecule has 0 saturated heterocycles. The zero-order valence-electron chi connectivity index (χ0n) is 8.71. The second-order valence-electron chi connectivity index (χ2n) is 3.30. The van der Waals surface area contributed by atoms with E-state index in [-0.39, 0.29) is 0 Å². The van der Waals surface area contributed by atoms with Crippen molar-refractivity contribution in [2.45, 2.75) is 0 Å².